The molecule has 0 amide bonds. The summed E-state index contributed by atoms with van der Waals surface area (Å²) < 4.78 is 27.0. The van der Waals surface area contributed by atoms with Gasteiger partial charge in [-0.15, -0.1) is 0 Å². The Labute approximate surface area is 176 Å². The van der Waals surface area contributed by atoms with Crippen LogP contribution in [0.5, 0.6) is 0 Å². The van der Waals surface area contributed by atoms with E-state index in [1.165, 1.54) is 30.5 Å². The quantitative estimate of drug-likeness (QED) is 0.406. The summed E-state index contributed by atoms with van der Waals surface area (Å²) in [4.78, 5) is 17.6. The van der Waals surface area contributed by atoms with E-state index in [2.05, 4.69) is 25.3 Å². The molecule has 0 saturated heterocycles. The smallest absolute Gasteiger partial charge is 0.163 e. The molecule has 0 aliphatic rings. The summed E-state index contributed by atoms with van der Waals surface area (Å²) in [6.07, 6.45) is 4.74. The second-order valence-electron chi connectivity index (χ2n) is 6.86. The van der Waals surface area contributed by atoms with E-state index in [0.29, 0.717) is 23.0 Å². The lowest BCUT2D eigenvalue weighted by Gasteiger charge is -2.12. The molecule has 5 rings (SSSR count). The number of nitrogens with one attached hydrogen (secondary N) is 1. The first-order valence-electron chi connectivity index (χ1n) is 9.52. The highest BCUT2D eigenvalue weighted by atomic mass is 19.1. The highest BCUT2D eigenvalue weighted by Gasteiger charge is 2.12. The molecule has 31 heavy (non-hydrogen) atoms. The predicted octanol–water partition coefficient (Wildman–Crippen LogP) is 5.78. The third-order valence-corrected chi connectivity index (χ3v) is 4.76. The van der Waals surface area contributed by atoms with Gasteiger partial charge in [0.2, 0.25) is 0 Å². The van der Waals surface area contributed by atoms with Crippen LogP contribution in [0.4, 0.5) is 20.4 Å². The van der Waals surface area contributed by atoms with Crippen LogP contribution in [0.25, 0.3) is 33.4 Å². The number of halogens is 2. The molecule has 0 atom stereocenters. The molecule has 0 radical (unpaired) electrons. The highest BCUT2D eigenvalue weighted by Crippen LogP contribution is 2.31. The summed E-state index contributed by atoms with van der Waals surface area (Å²) in [6, 6.07) is 18.2. The van der Waals surface area contributed by atoms with Crippen molar-refractivity contribution in [3.63, 3.8) is 0 Å². The zero-order valence-electron chi connectivity index (χ0n) is 16.1. The molecule has 150 valence electrons. The lowest BCUT2D eigenvalue weighted by Crippen LogP contribution is -2.01. The molecule has 0 unspecified atom stereocenters. The fraction of sp³-hybridized carbons (Fsp3) is 0. The van der Waals surface area contributed by atoms with Crippen LogP contribution in [0.15, 0.2) is 85.3 Å². The van der Waals surface area contributed by atoms with Crippen molar-refractivity contribution in [2.75, 3.05) is 5.32 Å². The number of pyridine rings is 2. The van der Waals surface area contributed by atoms with Gasteiger partial charge in [-0.25, -0.2) is 23.7 Å². The van der Waals surface area contributed by atoms with Crippen molar-refractivity contribution >= 4 is 22.5 Å². The van der Waals surface area contributed by atoms with Crippen LogP contribution >= 0.6 is 0 Å². The van der Waals surface area contributed by atoms with E-state index in [9.17, 15) is 8.78 Å². The van der Waals surface area contributed by atoms with Crippen molar-refractivity contribution in [3.8, 4) is 22.5 Å². The number of benzene rings is 2. The Balaban J connectivity index is 1.68. The number of aromatic nitrogens is 4. The van der Waals surface area contributed by atoms with Gasteiger partial charge in [-0.3, -0.25) is 4.98 Å². The van der Waals surface area contributed by atoms with Gasteiger partial charge in [0.15, 0.2) is 5.82 Å². The molecule has 5 aromatic rings. The molecule has 7 heteroatoms. The number of hydrogen-bond donors (Lipinski definition) is 1. The molecule has 0 aliphatic carbocycles. The predicted molar refractivity (Wildman–Crippen MR) is 116 cm³/mol. The maximum absolute atomic E-state index is 13.7. The molecule has 5 nitrogen and oxygen atoms in total. The molecular weight excluding hydrogens is 396 g/mol. The first-order chi connectivity index (χ1) is 15.2. The van der Waals surface area contributed by atoms with Crippen LogP contribution in [0.3, 0.4) is 0 Å². The third-order valence-electron chi connectivity index (χ3n) is 4.76. The highest BCUT2D eigenvalue weighted by molar-refractivity contribution is 5.95. The number of fused-ring (bicyclic) bond motifs is 1. The molecule has 3 heterocycles. The Morgan fingerprint density at radius 3 is 2.32 bits per heavy atom. The molecule has 0 spiro atoms. The van der Waals surface area contributed by atoms with Crippen molar-refractivity contribution in [1.29, 1.82) is 0 Å². The monoisotopic (exact) mass is 411 g/mol. The largest absolute Gasteiger partial charge is 0.324 e. The third kappa shape index (κ3) is 3.93. The van der Waals surface area contributed by atoms with Gasteiger partial charge in [-0.2, -0.15) is 0 Å². The lowest BCUT2D eigenvalue weighted by atomic mass is 10.0. The van der Waals surface area contributed by atoms with E-state index in [0.717, 1.165) is 22.1 Å². The van der Waals surface area contributed by atoms with Gasteiger partial charge in [0, 0.05) is 35.6 Å². The average molecular weight is 411 g/mol. The molecular formula is C24H15F2N5. The van der Waals surface area contributed by atoms with E-state index in [1.807, 2.05) is 30.3 Å². The van der Waals surface area contributed by atoms with Gasteiger partial charge in [0.25, 0.3) is 0 Å². The fourth-order valence-corrected chi connectivity index (χ4v) is 3.26. The second-order valence-corrected chi connectivity index (χ2v) is 6.86. The van der Waals surface area contributed by atoms with Crippen molar-refractivity contribution in [2.24, 2.45) is 0 Å². The van der Waals surface area contributed by atoms with Crippen molar-refractivity contribution in [3.05, 3.63) is 97.0 Å². The number of nitrogens with zero attached hydrogens (tertiary/aromatic N) is 4. The van der Waals surface area contributed by atoms with Gasteiger partial charge in [0.05, 0.1) is 5.52 Å². The van der Waals surface area contributed by atoms with Crippen LogP contribution in [0.1, 0.15) is 0 Å². The zero-order valence-corrected chi connectivity index (χ0v) is 16.1. The molecule has 1 N–H and O–H groups in total. The van der Waals surface area contributed by atoms with Gasteiger partial charge >= 0.3 is 0 Å². The maximum atomic E-state index is 13.7. The minimum atomic E-state index is -0.407. The summed E-state index contributed by atoms with van der Waals surface area (Å²) in [5, 5.41) is 3.83. The Morgan fingerprint density at radius 1 is 0.710 bits per heavy atom. The van der Waals surface area contributed by atoms with Gasteiger partial charge in [0.1, 0.15) is 23.3 Å². The van der Waals surface area contributed by atoms with Crippen LogP contribution < -0.4 is 5.32 Å². The summed E-state index contributed by atoms with van der Waals surface area (Å²) in [5.74, 6) is 0.577. The number of hydrogen-bond acceptors (Lipinski definition) is 5. The number of anilines is 2. The van der Waals surface area contributed by atoms with Crippen molar-refractivity contribution in [1.82, 2.24) is 19.9 Å². The van der Waals surface area contributed by atoms with Crippen LogP contribution in [-0.4, -0.2) is 19.9 Å². The molecule has 0 bridgehead atoms. The molecule has 0 aliphatic heterocycles. The molecule has 3 aromatic heterocycles. The van der Waals surface area contributed by atoms with Crippen LogP contribution in [0.2, 0.25) is 0 Å². The summed E-state index contributed by atoms with van der Waals surface area (Å²) in [6.45, 7) is 0. The van der Waals surface area contributed by atoms with E-state index >= 15 is 0 Å². The average Bonchev–Trinajstić information content (AvgIpc) is 2.80. The van der Waals surface area contributed by atoms with Crippen LogP contribution in [0, 0.1) is 11.6 Å². The standard InChI is InChI=1S/C24H15F2N5/c25-18-6-3-15(4-7-18)16-5-8-21-20(12-16)24(30-22-13-19(26)9-11-28-22)31-23(29-21)17-2-1-10-27-14-17/h1-14H,(H,28,29,30,31). The minimum absolute atomic E-state index is 0.298. The Morgan fingerprint density at radius 2 is 1.55 bits per heavy atom. The molecule has 2 aromatic carbocycles. The maximum Gasteiger partial charge on any atom is 0.163 e. The topological polar surface area (TPSA) is 63.6 Å². The lowest BCUT2D eigenvalue weighted by molar-refractivity contribution is 0.626. The van der Waals surface area contributed by atoms with E-state index in [1.54, 1.807) is 24.5 Å². The normalized spacial score (nSPS) is 10.9. The first kappa shape index (κ1) is 18.7. The Bertz CT molecular complexity index is 1370. The van der Waals surface area contributed by atoms with E-state index in [-0.39, 0.29) is 5.82 Å². The second kappa shape index (κ2) is 7.87. The SMILES string of the molecule is Fc1ccc(-c2ccc3nc(-c4cccnc4)nc(Nc4cc(F)ccn4)c3c2)cc1. The summed E-state index contributed by atoms with van der Waals surface area (Å²) in [7, 11) is 0. The van der Waals surface area contributed by atoms with Gasteiger partial charge in [-0.1, -0.05) is 18.2 Å². The van der Waals surface area contributed by atoms with E-state index in [4.69, 9.17) is 0 Å². The van der Waals surface area contributed by atoms with Gasteiger partial charge < -0.3 is 5.32 Å². The number of rotatable bonds is 4. The van der Waals surface area contributed by atoms with Crippen LogP contribution in [-0.2, 0) is 0 Å². The van der Waals surface area contributed by atoms with Gasteiger partial charge in [-0.05, 0) is 53.6 Å². The molecule has 0 fully saturated rings. The fourth-order valence-electron chi connectivity index (χ4n) is 3.26. The summed E-state index contributed by atoms with van der Waals surface area (Å²) in [5.41, 5.74) is 3.18. The Hall–Kier alpha value is -4.26. The van der Waals surface area contributed by atoms with Crippen molar-refractivity contribution in [2.45, 2.75) is 0 Å². The van der Waals surface area contributed by atoms with Crippen molar-refractivity contribution < 1.29 is 8.78 Å². The first-order valence-corrected chi connectivity index (χ1v) is 9.52. The Kier molecular flexibility index (Phi) is 4.76. The zero-order chi connectivity index (χ0) is 21.2. The minimum Gasteiger partial charge on any atom is -0.324 e. The summed E-state index contributed by atoms with van der Waals surface area (Å²) >= 11 is 0. The molecule has 0 saturated carbocycles. The van der Waals surface area contributed by atoms with E-state index < -0.39 is 5.82 Å².